The van der Waals surface area contributed by atoms with Gasteiger partial charge in [0, 0.05) is 19.4 Å². The van der Waals surface area contributed by atoms with Crippen molar-refractivity contribution in [2.75, 3.05) is 6.54 Å². The number of aliphatic carboxylic acids is 1. The van der Waals surface area contributed by atoms with Gasteiger partial charge in [0.2, 0.25) is 5.91 Å². The standard InChI is InChI=1S/C14H21NO3/c1-2-3-4-7-10-13(16)15-11-8-5-6-9-12(15)14(17)18/h1,12H,3-11H2,(H,17,18). The van der Waals surface area contributed by atoms with Crippen molar-refractivity contribution in [3.05, 3.63) is 0 Å². The van der Waals surface area contributed by atoms with Crippen LogP contribution in [0.4, 0.5) is 0 Å². The summed E-state index contributed by atoms with van der Waals surface area (Å²) < 4.78 is 0. The van der Waals surface area contributed by atoms with Crippen LogP contribution in [-0.2, 0) is 9.59 Å². The van der Waals surface area contributed by atoms with Crippen LogP contribution in [0.5, 0.6) is 0 Å². The summed E-state index contributed by atoms with van der Waals surface area (Å²) in [6.45, 7) is 0.574. The molecule has 0 bridgehead atoms. The van der Waals surface area contributed by atoms with Crippen LogP contribution in [0.15, 0.2) is 0 Å². The second kappa shape index (κ2) is 7.75. The fourth-order valence-electron chi connectivity index (χ4n) is 2.31. The first-order valence-corrected chi connectivity index (χ1v) is 6.62. The Labute approximate surface area is 108 Å². The molecule has 4 heteroatoms. The van der Waals surface area contributed by atoms with Crippen molar-refractivity contribution in [2.24, 2.45) is 0 Å². The topological polar surface area (TPSA) is 57.6 Å². The Balaban J connectivity index is 2.51. The zero-order valence-electron chi connectivity index (χ0n) is 10.7. The molecule has 1 amide bonds. The number of terminal acetylenes is 1. The van der Waals surface area contributed by atoms with E-state index in [-0.39, 0.29) is 5.91 Å². The van der Waals surface area contributed by atoms with Crippen LogP contribution in [0, 0.1) is 12.3 Å². The molecule has 18 heavy (non-hydrogen) atoms. The summed E-state index contributed by atoms with van der Waals surface area (Å²) in [6, 6.07) is -0.632. The molecule has 1 aliphatic heterocycles. The van der Waals surface area contributed by atoms with E-state index in [0.29, 0.717) is 25.8 Å². The predicted molar refractivity (Wildman–Crippen MR) is 68.9 cm³/mol. The van der Waals surface area contributed by atoms with Crippen molar-refractivity contribution in [1.82, 2.24) is 4.90 Å². The van der Waals surface area contributed by atoms with E-state index in [1.165, 1.54) is 0 Å². The molecule has 1 heterocycles. The van der Waals surface area contributed by atoms with Gasteiger partial charge in [0.15, 0.2) is 0 Å². The van der Waals surface area contributed by atoms with E-state index in [9.17, 15) is 14.7 Å². The number of carbonyl (C=O) groups excluding carboxylic acids is 1. The molecule has 1 N–H and O–H groups in total. The fraction of sp³-hybridized carbons (Fsp3) is 0.714. The van der Waals surface area contributed by atoms with E-state index in [1.54, 1.807) is 4.90 Å². The number of carbonyl (C=O) groups is 2. The first-order chi connectivity index (χ1) is 8.66. The number of unbranched alkanes of at least 4 members (excludes halogenated alkanes) is 2. The van der Waals surface area contributed by atoms with Crippen molar-refractivity contribution in [1.29, 1.82) is 0 Å². The van der Waals surface area contributed by atoms with Crippen molar-refractivity contribution in [2.45, 2.75) is 57.4 Å². The lowest BCUT2D eigenvalue weighted by Gasteiger charge is -2.27. The van der Waals surface area contributed by atoms with Gasteiger partial charge in [0.1, 0.15) is 6.04 Å². The molecular formula is C14H21NO3. The summed E-state index contributed by atoms with van der Waals surface area (Å²) in [5.74, 6) is 1.62. The summed E-state index contributed by atoms with van der Waals surface area (Å²) in [5.41, 5.74) is 0. The van der Waals surface area contributed by atoms with Gasteiger partial charge in [-0.05, 0) is 25.7 Å². The maximum atomic E-state index is 12.0. The number of hydrogen-bond donors (Lipinski definition) is 1. The number of rotatable bonds is 5. The maximum Gasteiger partial charge on any atom is 0.326 e. The van der Waals surface area contributed by atoms with Gasteiger partial charge in [-0.25, -0.2) is 4.79 Å². The Bertz CT molecular complexity index is 332. The first-order valence-electron chi connectivity index (χ1n) is 6.62. The number of hydrogen-bond acceptors (Lipinski definition) is 2. The van der Waals surface area contributed by atoms with Crippen molar-refractivity contribution < 1.29 is 14.7 Å². The van der Waals surface area contributed by atoms with Gasteiger partial charge in [0.25, 0.3) is 0 Å². The molecule has 1 atom stereocenters. The highest BCUT2D eigenvalue weighted by atomic mass is 16.4. The fourth-order valence-corrected chi connectivity index (χ4v) is 2.31. The molecule has 1 unspecified atom stereocenters. The van der Waals surface area contributed by atoms with E-state index in [1.807, 2.05) is 0 Å². The summed E-state index contributed by atoms with van der Waals surface area (Å²) in [4.78, 5) is 24.8. The molecule has 0 spiro atoms. The van der Waals surface area contributed by atoms with Gasteiger partial charge < -0.3 is 10.0 Å². The summed E-state index contributed by atoms with van der Waals surface area (Å²) in [5, 5.41) is 9.17. The minimum Gasteiger partial charge on any atom is -0.480 e. The number of carboxylic acids is 1. The molecule has 0 saturated carbocycles. The quantitative estimate of drug-likeness (QED) is 0.601. The smallest absolute Gasteiger partial charge is 0.326 e. The lowest BCUT2D eigenvalue weighted by atomic mass is 10.1. The van der Waals surface area contributed by atoms with Gasteiger partial charge in [-0.1, -0.05) is 12.8 Å². The Morgan fingerprint density at radius 3 is 2.72 bits per heavy atom. The number of amides is 1. The highest BCUT2D eigenvalue weighted by molar-refractivity contribution is 5.83. The van der Waals surface area contributed by atoms with Gasteiger partial charge in [-0.3, -0.25) is 4.79 Å². The van der Waals surface area contributed by atoms with Gasteiger partial charge in [-0.2, -0.15) is 0 Å². The molecule has 0 aromatic rings. The minimum absolute atomic E-state index is 0.0404. The van der Waals surface area contributed by atoms with E-state index >= 15 is 0 Å². The zero-order valence-corrected chi connectivity index (χ0v) is 10.7. The monoisotopic (exact) mass is 251 g/mol. The van der Waals surface area contributed by atoms with Crippen molar-refractivity contribution in [3.8, 4) is 12.3 Å². The normalized spacial score (nSPS) is 19.9. The summed E-state index contributed by atoms with van der Waals surface area (Å²) >= 11 is 0. The van der Waals surface area contributed by atoms with Crippen LogP contribution >= 0.6 is 0 Å². The molecule has 0 aliphatic carbocycles. The Kier molecular flexibility index (Phi) is 6.27. The second-order valence-electron chi connectivity index (χ2n) is 4.70. The summed E-state index contributed by atoms with van der Waals surface area (Å²) in [6.07, 6.45) is 11.2. The summed E-state index contributed by atoms with van der Waals surface area (Å²) in [7, 11) is 0. The van der Waals surface area contributed by atoms with Crippen LogP contribution in [0.1, 0.15) is 51.4 Å². The van der Waals surface area contributed by atoms with Crippen LogP contribution < -0.4 is 0 Å². The van der Waals surface area contributed by atoms with Crippen molar-refractivity contribution in [3.63, 3.8) is 0 Å². The molecule has 0 aromatic carbocycles. The Hall–Kier alpha value is -1.50. The molecule has 4 nitrogen and oxygen atoms in total. The minimum atomic E-state index is -0.881. The third-order valence-corrected chi connectivity index (χ3v) is 3.32. The van der Waals surface area contributed by atoms with E-state index in [0.717, 1.165) is 32.1 Å². The molecule has 0 radical (unpaired) electrons. The Morgan fingerprint density at radius 2 is 2.06 bits per heavy atom. The van der Waals surface area contributed by atoms with Crippen molar-refractivity contribution >= 4 is 11.9 Å². The average molecular weight is 251 g/mol. The maximum absolute atomic E-state index is 12.0. The largest absolute Gasteiger partial charge is 0.480 e. The second-order valence-corrected chi connectivity index (χ2v) is 4.70. The Morgan fingerprint density at radius 1 is 1.28 bits per heavy atom. The third-order valence-electron chi connectivity index (χ3n) is 3.32. The van der Waals surface area contributed by atoms with Gasteiger partial charge >= 0.3 is 5.97 Å². The number of likely N-dealkylation sites (tertiary alicyclic amines) is 1. The first kappa shape index (κ1) is 14.6. The molecule has 0 aromatic heterocycles. The van der Waals surface area contributed by atoms with E-state index in [4.69, 9.17) is 6.42 Å². The van der Waals surface area contributed by atoms with E-state index in [2.05, 4.69) is 5.92 Å². The lowest BCUT2D eigenvalue weighted by Crippen LogP contribution is -2.44. The number of nitrogens with zero attached hydrogens (tertiary/aromatic N) is 1. The van der Waals surface area contributed by atoms with Crippen LogP contribution in [0.25, 0.3) is 0 Å². The van der Waals surface area contributed by atoms with E-state index < -0.39 is 12.0 Å². The molecule has 1 fully saturated rings. The molecule has 1 saturated heterocycles. The van der Waals surface area contributed by atoms with Crippen LogP contribution in [-0.4, -0.2) is 34.5 Å². The zero-order chi connectivity index (χ0) is 13.4. The highest BCUT2D eigenvalue weighted by Crippen LogP contribution is 2.18. The highest BCUT2D eigenvalue weighted by Gasteiger charge is 2.30. The third kappa shape index (κ3) is 4.40. The average Bonchev–Trinajstić information content (AvgIpc) is 2.59. The number of carboxylic acid groups (broad SMARTS) is 1. The van der Waals surface area contributed by atoms with Crippen LogP contribution in [0.3, 0.4) is 0 Å². The molecular weight excluding hydrogens is 230 g/mol. The van der Waals surface area contributed by atoms with Gasteiger partial charge in [0.05, 0.1) is 0 Å². The molecule has 1 aliphatic rings. The van der Waals surface area contributed by atoms with Gasteiger partial charge in [-0.15, -0.1) is 12.3 Å². The van der Waals surface area contributed by atoms with Crippen LogP contribution in [0.2, 0.25) is 0 Å². The predicted octanol–water partition coefficient (Wildman–Crippen LogP) is 2.04. The molecule has 1 rings (SSSR count). The SMILES string of the molecule is C#CCCCCC(=O)N1CCCCCC1C(=O)O. The lowest BCUT2D eigenvalue weighted by molar-refractivity contribution is -0.150. The molecule has 100 valence electrons.